The number of halogens is 1. The van der Waals surface area contributed by atoms with E-state index in [0.29, 0.717) is 29.9 Å². The Labute approximate surface area is 215 Å². The third kappa shape index (κ3) is 4.68. The van der Waals surface area contributed by atoms with E-state index >= 15 is 0 Å². The Morgan fingerprint density at radius 3 is 2.30 bits per heavy atom. The minimum absolute atomic E-state index is 0.117. The molecule has 0 bridgehead atoms. The van der Waals surface area contributed by atoms with Crippen LogP contribution in [0.3, 0.4) is 0 Å². The zero-order chi connectivity index (χ0) is 26.5. The van der Waals surface area contributed by atoms with E-state index in [0.717, 1.165) is 5.56 Å². The van der Waals surface area contributed by atoms with Crippen molar-refractivity contribution in [2.24, 2.45) is 0 Å². The van der Waals surface area contributed by atoms with Crippen molar-refractivity contribution in [2.75, 3.05) is 13.1 Å². The van der Waals surface area contributed by atoms with Gasteiger partial charge in [0.05, 0.1) is 4.90 Å². The molecule has 2 fully saturated rings. The van der Waals surface area contributed by atoms with Crippen LogP contribution in [0.4, 0.5) is 4.39 Å². The number of benzene rings is 2. The molecule has 0 aromatic heterocycles. The lowest BCUT2D eigenvalue weighted by Crippen LogP contribution is -2.52. The van der Waals surface area contributed by atoms with Gasteiger partial charge in [-0.15, -0.1) is 0 Å². The van der Waals surface area contributed by atoms with Gasteiger partial charge in [0.25, 0.3) is 5.91 Å². The van der Waals surface area contributed by atoms with Crippen molar-refractivity contribution in [3.8, 4) is 0 Å². The van der Waals surface area contributed by atoms with Gasteiger partial charge in [0.2, 0.25) is 21.8 Å². The molecule has 1 atom stereocenters. The standard InChI is InChI=1S/C27H30FN3O5S/c1-16(2)17-3-5-20(6-4-17)37(35,36)30-11-9-18(10-12-30)21-13-19(28)14-22-23(21)15-31(27(22)34)24-7-8-25(32)29-26(24)33/h3-6,13-14,16,18,24H,7-12,15H2,1-2H3,(H,29,32,33). The van der Waals surface area contributed by atoms with Gasteiger partial charge in [-0.05, 0) is 72.1 Å². The van der Waals surface area contributed by atoms with Crippen molar-refractivity contribution in [3.63, 3.8) is 0 Å². The van der Waals surface area contributed by atoms with E-state index in [1.807, 2.05) is 12.1 Å². The number of fused-ring (bicyclic) bond motifs is 1. The Hall–Kier alpha value is -3.11. The molecule has 3 amide bonds. The van der Waals surface area contributed by atoms with Crippen molar-refractivity contribution in [2.45, 2.75) is 68.8 Å². The molecule has 5 rings (SSSR count). The van der Waals surface area contributed by atoms with Crippen LogP contribution in [0, 0.1) is 5.82 Å². The molecular formula is C27H30FN3O5S. The molecule has 0 saturated carbocycles. The topological polar surface area (TPSA) is 104 Å². The molecule has 0 radical (unpaired) electrons. The highest BCUT2D eigenvalue weighted by molar-refractivity contribution is 7.89. The predicted molar refractivity (Wildman–Crippen MR) is 134 cm³/mol. The van der Waals surface area contributed by atoms with Crippen LogP contribution in [0.2, 0.25) is 0 Å². The first-order valence-corrected chi connectivity index (χ1v) is 14.1. The molecule has 3 aliphatic heterocycles. The van der Waals surface area contributed by atoms with Crippen LogP contribution in [0.5, 0.6) is 0 Å². The summed E-state index contributed by atoms with van der Waals surface area (Å²) in [7, 11) is -3.65. The van der Waals surface area contributed by atoms with E-state index in [2.05, 4.69) is 19.2 Å². The van der Waals surface area contributed by atoms with E-state index in [4.69, 9.17) is 0 Å². The maximum atomic E-state index is 14.6. The summed E-state index contributed by atoms with van der Waals surface area (Å²) in [5.41, 5.74) is 2.68. The molecule has 37 heavy (non-hydrogen) atoms. The zero-order valence-electron chi connectivity index (χ0n) is 20.9. The molecule has 2 saturated heterocycles. The SMILES string of the molecule is CC(C)c1ccc(S(=O)(=O)N2CCC(c3cc(F)cc4c3CN(C3CCC(=O)NC3=O)C4=O)CC2)cc1. The lowest BCUT2D eigenvalue weighted by Gasteiger charge is -2.32. The van der Waals surface area contributed by atoms with Crippen LogP contribution >= 0.6 is 0 Å². The number of carbonyl (C=O) groups excluding carboxylic acids is 3. The largest absolute Gasteiger partial charge is 0.322 e. The monoisotopic (exact) mass is 527 g/mol. The quantitative estimate of drug-likeness (QED) is 0.601. The zero-order valence-corrected chi connectivity index (χ0v) is 21.7. The van der Waals surface area contributed by atoms with Gasteiger partial charge in [-0.25, -0.2) is 12.8 Å². The molecule has 3 aliphatic rings. The van der Waals surface area contributed by atoms with E-state index in [1.54, 1.807) is 12.1 Å². The summed E-state index contributed by atoms with van der Waals surface area (Å²) in [5.74, 6) is -1.65. The summed E-state index contributed by atoms with van der Waals surface area (Å²) in [5, 5.41) is 2.28. The molecular weight excluding hydrogens is 497 g/mol. The molecule has 8 nitrogen and oxygen atoms in total. The summed E-state index contributed by atoms with van der Waals surface area (Å²) < 4.78 is 42.5. The second kappa shape index (κ2) is 9.64. The first-order valence-electron chi connectivity index (χ1n) is 12.6. The normalized spacial score (nSPS) is 21.5. The van der Waals surface area contributed by atoms with E-state index in [9.17, 15) is 27.2 Å². The summed E-state index contributed by atoms with van der Waals surface area (Å²) >= 11 is 0. The molecule has 0 aliphatic carbocycles. The summed E-state index contributed by atoms with van der Waals surface area (Å²) in [4.78, 5) is 38.7. The molecule has 2 aromatic carbocycles. The van der Waals surface area contributed by atoms with Crippen molar-refractivity contribution >= 4 is 27.7 Å². The maximum absolute atomic E-state index is 14.6. The minimum Gasteiger partial charge on any atom is -0.322 e. The lowest BCUT2D eigenvalue weighted by atomic mass is 9.86. The van der Waals surface area contributed by atoms with Crippen LogP contribution in [-0.4, -0.2) is 54.5 Å². The maximum Gasteiger partial charge on any atom is 0.255 e. The Kier molecular flexibility index (Phi) is 6.66. The van der Waals surface area contributed by atoms with Crippen molar-refractivity contribution < 1.29 is 27.2 Å². The number of nitrogens with one attached hydrogen (secondary N) is 1. The number of nitrogens with zero attached hydrogens (tertiary/aromatic N) is 2. The third-order valence-corrected chi connectivity index (χ3v) is 9.65. The van der Waals surface area contributed by atoms with Crippen molar-refractivity contribution in [1.82, 2.24) is 14.5 Å². The van der Waals surface area contributed by atoms with Gasteiger partial charge in [0.15, 0.2) is 0 Å². The van der Waals surface area contributed by atoms with E-state index in [-0.39, 0.29) is 54.8 Å². The van der Waals surface area contributed by atoms with Gasteiger partial charge in [0, 0.05) is 31.6 Å². The van der Waals surface area contributed by atoms with Crippen LogP contribution in [0.25, 0.3) is 0 Å². The number of imide groups is 1. The molecule has 2 aromatic rings. The van der Waals surface area contributed by atoms with Gasteiger partial charge in [-0.1, -0.05) is 26.0 Å². The van der Waals surface area contributed by atoms with E-state index in [1.165, 1.54) is 21.3 Å². The van der Waals surface area contributed by atoms with Gasteiger partial charge < -0.3 is 4.90 Å². The Balaban J connectivity index is 1.33. The predicted octanol–water partition coefficient (Wildman–Crippen LogP) is 3.28. The van der Waals surface area contributed by atoms with Gasteiger partial charge in [-0.3, -0.25) is 19.7 Å². The Morgan fingerprint density at radius 2 is 1.68 bits per heavy atom. The smallest absolute Gasteiger partial charge is 0.255 e. The summed E-state index contributed by atoms with van der Waals surface area (Å²) in [6.45, 7) is 4.84. The molecule has 10 heteroatoms. The first kappa shape index (κ1) is 25.5. The van der Waals surface area contributed by atoms with Crippen molar-refractivity contribution in [1.29, 1.82) is 0 Å². The fraction of sp³-hybridized carbons (Fsp3) is 0.444. The number of piperidine rings is 2. The van der Waals surface area contributed by atoms with Gasteiger partial charge in [-0.2, -0.15) is 4.31 Å². The molecule has 1 unspecified atom stereocenters. The number of hydrogen-bond acceptors (Lipinski definition) is 5. The second-order valence-corrected chi connectivity index (χ2v) is 12.3. The number of carbonyl (C=O) groups is 3. The highest BCUT2D eigenvalue weighted by Gasteiger charge is 2.41. The van der Waals surface area contributed by atoms with Gasteiger partial charge >= 0.3 is 0 Å². The number of amides is 3. The average Bonchev–Trinajstić information content (AvgIpc) is 3.19. The average molecular weight is 528 g/mol. The summed E-state index contributed by atoms with van der Waals surface area (Å²) in [6, 6.07) is 8.82. The minimum atomic E-state index is -3.65. The molecule has 196 valence electrons. The number of rotatable bonds is 5. The van der Waals surface area contributed by atoms with Crippen molar-refractivity contribution in [3.05, 3.63) is 64.5 Å². The highest BCUT2D eigenvalue weighted by atomic mass is 32.2. The Bertz CT molecular complexity index is 1370. The number of hydrogen-bond donors (Lipinski definition) is 1. The highest BCUT2D eigenvalue weighted by Crippen LogP contribution is 2.38. The second-order valence-electron chi connectivity index (χ2n) is 10.3. The third-order valence-electron chi connectivity index (χ3n) is 7.73. The van der Waals surface area contributed by atoms with Gasteiger partial charge in [0.1, 0.15) is 11.9 Å². The fourth-order valence-electron chi connectivity index (χ4n) is 5.60. The lowest BCUT2D eigenvalue weighted by molar-refractivity contribution is -0.136. The van der Waals surface area contributed by atoms with Crippen LogP contribution in [0.1, 0.15) is 78.4 Å². The van der Waals surface area contributed by atoms with Crippen LogP contribution < -0.4 is 5.32 Å². The molecule has 1 N–H and O–H groups in total. The Morgan fingerprint density at radius 1 is 1.00 bits per heavy atom. The fourth-order valence-corrected chi connectivity index (χ4v) is 7.07. The van der Waals surface area contributed by atoms with Crippen LogP contribution in [0.15, 0.2) is 41.3 Å². The van der Waals surface area contributed by atoms with E-state index < -0.39 is 33.7 Å². The molecule has 0 spiro atoms. The first-order chi connectivity index (χ1) is 17.6. The summed E-state index contributed by atoms with van der Waals surface area (Å²) in [6.07, 6.45) is 1.36. The molecule has 3 heterocycles. The van der Waals surface area contributed by atoms with Crippen LogP contribution in [-0.2, 0) is 26.2 Å². The number of sulfonamides is 1.